The Balaban J connectivity index is 3.21. The van der Waals surface area contributed by atoms with Crippen LogP contribution in [0.2, 0.25) is 0 Å². The van der Waals surface area contributed by atoms with E-state index in [4.69, 9.17) is 0 Å². The van der Waals surface area contributed by atoms with Crippen LogP contribution in [0.15, 0.2) is 23.1 Å². The average molecular weight is 293 g/mol. The van der Waals surface area contributed by atoms with Crippen molar-refractivity contribution in [3.63, 3.8) is 0 Å². The van der Waals surface area contributed by atoms with Crippen molar-refractivity contribution in [2.75, 3.05) is 0 Å². The van der Waals surface area contributed by atoms with Crippen LogP contribution in [0.5, 0.6) is 0 Å². The molecule has 0 aliphatic rings. The molecule has 3 nitrogen and oxygen atoms in total. The van der Waals surface area contributed by atoms with Crippen molar-refractivity contribution in [2.45, 2.75) is 17.2 Å². The molecule has 0 aromatic heterocycles. The second kappa shape index (κ2) is 5.34. The van der Waals surface area contributed by atoms with E-state index in [9.17, 15) is 31.6 Å². The number of hydrogen-bond donors (Lipinski definition) is 0. The molecule has 10 heteroatoms. The Labute approximate surface area is 100 Å². The summed E-state index contributed by atoms with van der Waals surface area (Å²) in [5.74, 6) is 0. The van der Waals surface area contributed by atoms with Crippen LogP contribution in [0.3, 0.4) is 0 Å². The molecule has 0 saturated heterocycles. The lowest BCUT2D eigenvalue weighted by Gasteiger charge is -2.13. The van der Waals surface area contributed by atoms with Crippen molar-refractivity contribution >= 4 is 12.0 Å². The molecule has 1 aromatic carbocycles. The molecule has 102 valence electrons. The maximum atomic E-state index is 12.3. The molecule has 0 aliphatic carbocycles. The van der Waals surface area contributed by atoms with Gasteiger partial charge in [-0.3, -0.25) is 5.04 Å². The fourth-order valence-corrected chi connectivity index (χ4v) is 1.48. The van der Waals surface area contributed by atoms with Gasteiger partial charge in [-0.05, 0) is 18.2 Å². The smallest absolute Gasteiger partial charge is 0.416 e. The minimum Gasteiger partial charge on any atom is -0.691 e. The molecule has 0 radical (unpaired) electrons. The largest absolute Gasteiger partial charge is 0.691 e. The summed E-state index contributed by atoms with van der Waals surface area (Å²) in [5.41, 5.74) is -3.01. The van der Waals surface area contributed by atoms with Crippen LogP contribution < -0.4 is 5.26 Å². The molecule has 0 unspecified atom stereocenters. The van der Waals surface area contributed by atoms with E-state index in [1.165, 1.54) is 0 Å². The molecule has 0 heterocycles. The third kappa shape index (κ3) is 4.05. The molecule has 0 N–H and O–H groups in total. The summed E-state index contributed by atoms with van der Waals surface area (Å²) in [5, 5.41) is 12.3. The topological polar surface area (TPSA) is 41.5 Å². The summed E-state index contributed by atoms with van der Waals surface area (Å²) in [7, 11) is 0. The van der Waals surface area contributed by atoms with Crippen LogP contribution in [0, 0.1) is 0 Å². The quantitative estimate of drug-likeness (QED) is 0.372. The lowest BCUT2D eigenvalue weighted by Crippen LogP contribution is -2.11. The van der Waals surface area contributed by atoms with Crippen molar-refractivity contribution < 1.29 is 41.0 Å². The predicted octanol–water partition coefficient (Wildman–Crippen LogP) is 2.95. The van der Waals surface area contributed by atoms with Crippen molar-refractivity contribution in [1.29, 1.82) is 0 Å². The molecule has 0 saturated carbocycles. The summed E-state index contributed by atoms with van der Waals surface area (Å²) in [6.07, 6.45) is -9.90. The summed E-state index contributed by atoms with van der Waals surface area (Å²) >= 11 is -0.0537. The van der Waals surface area contributed by atoms with Crippen LogP contribution in [-0.4, -0.2) is 0 Å². The zero-order valence-electron chi connectivity index (χ0n) is 8.13. The van der Waals surface area contributed by atoms with Gasteiger partial charge in [-0.25, -0.2) is 0 Å². The first kappa shape index (κ1) is 15.1. The normalized spacial score (nSPS) is 12.8. The minimum atomic E-state index is -4.95. The molecule has 1 aromatic rings. The Morgan fingerprint density at radius 3 is 1.67 bits per heavy atom. The standard InChI is InChI=1S/C8H4F6O3S/c9-7(10,11)4-1-5(8(12,13)14)3-6(2-4)18-17-16-15/h1-3,15H/p-1. The second-order valence-electron chi connectivity index (χ2n) is 2.96. The molecular weight excluding hydrogens is 290 g/mol. The first-order valence-electron chi connectivity index (χ1n) is 4.07. The highest BCUT2D eigenvalue weighted by Crippen LogP contribution is 2.38. The van der Waals surface area contributed by atoms with E-state index < -0.39 is 28.4 Å². The van der Waals surface area contributed by atoms with Gasteiger partial charge in [0.25, 0.3) is 0 Å². The Morgan fingerprint density at radius 1 is 0.889 bits per heavy atom. The number of benzene rings is 1. The van der Waals surface area contributed by atoms with Crippen molar-refractivity contribution in [2.24, 2.45) is 0 Å². The van der Waals surface area contributed by atoms with Crippen LogP contribution in [0.4, 0.5) is 26.3 Å². The van der Waals surface area contributed by atoms with Gasteiger partial charge < -0.3 is 5.26 Å². The van der Waals surface area contributed by atoms with Crippen molar-refractivity contribution in [3.05, 3.63) is 29.3 Å². The van der Waals surface area contributed by atoms with Gasteiger partial charge in [0, 0.05) is 4.90 Å². The molecule has 1 rings (SSSR count). The first-order chi connectivity index (χ1) is 8.14. The summed E-state index contributed by atoms with van der Waals surface area (Å²) in [4.78, 5) is -0.562. The SMILES string of the molecule is [O-]OOSc1cc(C(F)(F)F)cc(C(F)(F)F)c1. The lowest BCUT2D eigenvalue weighted by molar-refractivity contribution is -0.777. The van der Waals surface area contributed by atoms with E-state index in [2.05, 4.69) is 9.37 Å². The highest BCUT2D eigenvalue weighted by Gasteiger charge is 2.37. The van der Waals surface area contributed by atoms with Crippen LogP contribution in [0.25, 0.3) is 0 Å². The first-order valence-corrected chi connectivity index (χ1v) is 4.81. The Morgan fingerprint density at radius 2 is 1.33 bits per heavy atom. The zero-order chi connectivity index (χ0) is 14.0. The van der Waals surface area contributed by atoms with E-state index >= 15 is 0 Å². The van der Waals surface area contributed by atoms with Gasteiger partial charge in [0.2, 0.25) is 0 Å². The Kier molecular flexibility index (Phi) is 4.48. The highest BCUT2D eigenvalue weighted by atomic mass is 32.2. The molecule has 0 aliphatic heterocycles. The summed E-state index contributed by atoms with van der Waals surface area (Å²) < 4.78 is 77.8. The van der Waals surface area contributed by atoms with Gasteiger partial charge in [-0.2, -0.15) is 30.7 Å². The molecule has 0 amide bonds. The maximum Gasteiger partial charge on any atom is 0.416 e. The monoisotopic (exact) mass is 293 g/mol. The fraction of sp³-hybridized carbons (Fsp3) is 0.250. The molecule has 18 heavy (non-hydrogen) atoms. The Hall–Kier alpha value is -0.970. The van der Waals surface area contributed by atoms with Crippen LogP contribution >= 0.6 is 12.0 Å². The highest BCUT2D eigenvalue weighted by molar-refractivity contribution is 7.94. The van der Waals surface area contributed by atoms with Gasteiger partial charge in [-0.15, -0.1) is 0 Å². The van der Waals surface area contributed by atoms with Gasteiger partial charge in [0.05, 0.1) is 23.2 Å². The zero-order valence-corrected chi connectivity index (χ0v) is 8.95. The molecular formula is C8H3F6O3S-. The van der Waals surface area contributed by atoms with Crippen molar-refractivity contribution in [3.8, 4) is 0 Å². The van der Waals surface area contributed by atoms with Crippen molar-refractivity contribution in [1.82, 2.24) is 0 Å². The fourth-order valence-electron chi connectivity index (χ4n) is 1.03. The molecule has 0 spiro atoms. The lowest BCUT2D eigenvalue weighted by atomic mass is 10.1. The predicted molar refractivity (Wildman–Crippen MR) is 44.5 cm³/mol. The van der Waals surface area contributed by atoms with E-state index in [0.717, 1.165) is 0 Å². The van der Waals surface area contributed by atoms with Gasteiger partial charge in [0.15, 0.2) is 0 Å². The van der Waals surface area contributed by atoms with Gasteiger partial charge >= 0.3 is 12.4 Å². The van der Waals surface area contributed by atoms with Gasteiger partial charge in [-0.1, -0.05) is 0 Å². The van der Waals surface area contributed by atoms with E-state index in [-0.39, 0.29) is 18.1 Å². The van der Waals surface area contributed by atoms with E-state index in [1.54, 1.807) is 0 Å². The van der Waals surface area contributed by atoms with Crippen LogP contribution in [-0.2, 0) is 21.7 Å². The number of alkyl halides is 6. The maximum absolute atomic E-state index is 12.3. The molecule has 0 bridgehead atoms. The number of halogens is 6. The minimum absolute atomic E-state index is 0.0396. The van der Waals surface area contributed by atoms with Gasteiger partial charge in [0.1, 0.15) is 0 Å². The third-order valence-corrected chi connectivity index (χ3v) is 2.27. The molecule has 0 atom stereocenters. The number of hydrogen-bond acceptors (Lipinski definition) is 4. The average Bonchev–Trinajstić information content (AvgIpc) is 2.23. The van der Waals surface area contributed by atoms with E-state index in [1.807, 2.05) is 0 Å². The summed E-state index contributed by atoms with van der Waals surface area (Å²) in [6, 6.07) is 0.764. The Bertz CT molecular complexity index is 384. The third-order valence-electron chi connectivity index (χ3n) is 1.72. The van der Waals surface area contributed by atoms with E-state index in [0.29, 0.717) is 12.1 Å². The molecule has 0 fully saturated rings. The van der Waals surface area contributed by atoms with Crippen LogP contribution in [0.1, 0.15) is 11.1 Å². The summed E-state index contributed by atoms with van der Waals surface area (Å²) in [6.45, 7) is 0. The second-order valence-corrected chi connectivity index (χ2v) is 3.74. The number of rotatable bonds is 3.